The Morgan fingerprint density at radius 2 is 2.09 bits per heavy atom. The van der Waals surface area contributed by atoms with Crippen LogP contribution in [0.25, 0.3) is 10.9 Å². The van der Waals surface area contributed by atoms with E-state index in [1.54, 1.807) is 12.1 Å². The first-order valence-corrected chi connectivity index (χ1v) is 7.44. The van der Waals surface area contributed by atoms with E-state index in [-0.39, 0.29) is 24.1 Å². The summed E-state index contributed by atoms with van der Waals surface area (Å²) in [6, 6.07) is 5.36. The normalized spacial score (nSPS) is 15.3. The van der Waals surface area contributed by atoms with E-state index in [9.17, 15) is 9.59 Å². The molecule has 0 spiro atoms. The number of rotatable bonds is 5. The molecule has 0 radical (unpaired) electrons. The van der Waals surface area contributed by atoms with Gasteiger partial charge in [-0.05, 0) is 43.9 Å². The molecular formula is C16H18N2O4. The first-order valence-electron chi connectivity index (χ1n) is 7.44. The molecule has 3 rings (SSSR count). The fourth-order valence-electron chi connectivity index (χ4n) is 2.94. The second-order valence-electron chi connectivity index (χ2n) is 5.66. The number of carboxylic acids is 1. The summed E-state index contributed by atoms with van der Waals surface area (Å²) in [5.74, 6) is -0.477. The number of hydrogen-bond acceptors (Lipinski definition) is 4. The van der Waals surface area contributed by atoms with Gasteiger partial charge < -0.3 is 9.84 Å². The number of nitrogens with zero attached hydrogens (tertiary/aromatic N) is 2. The number of hydrogen-bond donors (Lipinski definition) is 1. The summed E-state index contributed by atoms with van der Waals surface area (Å²) in [5, 5.41) is 13.7. The van der Waals surface area contributed by atoms with Crippen molar-refractivity contribution < 1.29 is 19.4 Å². The molecule has 6 heteroatoms. The van der Waals surface area contributed by atoms with Crippen molar-refractivity contribution in [3.8, 4) is 5.75 Å². The van der Waals surface area contributed by atoms with E-state index in [0.29, 0.717) is 16.7 Å². The van der Waals surface area contributed by atoms with Gasteiger partial charge in [-0.25, -0.2) is 0 Å². The average Bonchev–Trinajstić information content (AvgIpc) is 3.06. The second-order valence-corrected chi connectivity index (χ2v) is 5.66. The molecule has 0 aliphatic heterocycles. The summed E-state index contributed by atoms with van der Waals surface area (Å²) in [4.78, 5) is 22.7. The maximum Gasteiger partial charge on any atom is 0.325 e. The molecule has 1 saturated carbocycles. The minimum Gasteiger partial charge on any atom is -0.490 e. The lowest BCUT2D eigenvalue weighted by Gasteiger charge is -2.13. The predicted octanol–water partition coefficient (Wildman–Crippen LogP) is 2.64. The predicted molar refractivity (Wildman–Crippen MR) is 80.3 cm³/mol. The Morgan fingerprint density at radius 3 is 2.73 bits per heavy atom. The van der Waals surface area contributed by atoms with E-state index in [1.165, 1.54) is 24.4 Å². The minimum atomic E-state index is -0.995. The lowest BCUT2D eigenvalue weighted by Crippen LogP contribution is -2.11. The second kappa shape index (κ2) is 5.79. The Kier molecular flexibility index (Phi) is 3.83. The number of Topliss-reactive ketones (excluding diaryl/α,β-unsaturated/α-hetero) is 1. The fourth-order valence-corrected chi connectivity index (χ4v) is 2.94. The first-order chi connectivity index (χ1) is 10.5. The zero-order valence-corrected chi connectivity index (χ0v) is 12.4. The van der Waals surface area contributed by atoms with Gasteiger partial charge in [0.05, 0.1) is 11.6 Å². The topological polar surface area (TPSA) is 81.4 Å². The lowest BCUT2D eigenvalue weighted by atomic mass is 10.1. The Morgan fingerprint density at radius 1 is 1.36 bits per heavy atom. The number of ether oxygens (including phenoxy) is 1. The monoisotopic (exact) mass is 302 g/mol. The van der Waals surface area contributed by atoms with Gasteiger partial charge >= 0.3 is 5.97 Å². The van der Waals surface area contributed by atoms with E-state index in [4.69, 9.17) is 9.84 Å². The molecule has 1 aromatic heterocycles. The highest BCUT2D eigenvalue weighted by Crippen LogP contribution is 2.28. The summed E-state index contributed by atoms with van der Waals surface area (Å²) in [7, 11) is 0. The standard InChI is InChI=1S/C16H18N2O4/c1-10(19)16-13-8-12(22-11-4-2-3-5-11)6-7-14(13)18(17-16)9-15(20)21/h6-8,11H,2-5,9H2,1H3,(H,20,21). The van der Waals surface area contributed by atoms with Gasteiger partial charge in [-0.3, -0.25) is 14.3 Å². The van der Waals surface area contributed by atoms with Crippen molar-refractivity contribution in [2.45, 2.75) is 45.3 Å². The summed E-state index contributed by atoms with van der Waals surface area (Å²) in [6.45, 7) is 1.16. The van der Waals surface area contributed by atoms with Crippen LogP contribution in [0.15, 0.2) is 18.2 Å². The Balaban J connectivity index is 1.99. The molecule has 1 aromatic carbocycles. The van der Waals surface area contributed by atoms with Crippen molar-refractivity contribution in [1.82, 2.24) is 9.78 Å². The molecule has 0 saturated heterocycles. The van der Waals surface area contributed by atoms with Gasteiger partial charge in [0.1, 0.15) is 18.0 Å². The fraction of sp³-hybridized carbons (Fsp3) is 0.438. The molecule has 0 unspecified atom stereocenters. The number of ketones is 1. The highest BCUT2D eigenvalue weighted by molar-refractivity contribution is 6.05. The van der Waals surface area contributed by atoms with Crippen LogP contribution >= 0.6 is 0 Å². The van der Waals surface area contributed by atoms with Gasteiger partial charge in [-0.2, -0.15) is 5.10 Å². The maximum atomic E-state index is 11.8. The number of carbonyl (C=O) groups excluding carboxylic acids is 1. The zero-order valence-electron chi connectivity index (χ0n) is 12.4. The Labute approximate surface area is 127 Å². The number of carbonyl (C=O) groups is 2. The van der Waals surface area contributed by atoms with Gasteiger partial charge in [0.2, 0.25) is 0 Å². The van der Waals surface area contributed by atoms with Crippen LogP contribution in [0.1, 0.15) is 43.1 Å². The summed E-state index contributed by atoms with van der Waals surface area (Å²) in [6.07, 6.45) is 4.70. The summed E-state index contributed by atoms with van der Waals surface area (Å²) >= 11 is 0. The molecule has 0 atom stereocenters. The minimum absolute atomic E-state index is 0.188. The van der Waals surface area contributed by atoms with Gasteiger partial charge in [0, 0.05) is 12.3 Å². The van der Waals surface area contributed by atoms with Crippen LogP contribution < -0.4 is 4.74 Å². The lowest BCUT2D eigenvalue weighted by molar-refractivity contribution is -0.137. The van der Waals surface area contributed by atoms with Crippen LogP contribution in [0.2, 0.25) is 0 Å². The third kappa shape index (κ3) is 2.81. The molecule has 1 heterocycles. The third-order valence-corrected chi connectivity index (χ3v) is 3.95. The van der Waals surface area contributed by atoms with Crippen molar-refractivity contribution in [3.63, 3.8) is 0 Å². The van der Waals surface area contributed by atoms with Crippen molar-refractivity contribution in [2.75, 3.05) is 0 Å². The largest absolute Gasteiger partial charge is 0.490 e. The quantitative estimate of drug-likeness (QED) is 0.859. The molecule has 0 amide bonds. The molecule has 1 N–H and O–H groups in total. The molecule has 116 valence electrons. The van der Waals surface area contributed by atoms with Crippen LogP contribution in [-0.2, 0) is 11.3 Å². The molecule has 0 bridgehead atoms. The van der Waals surface area contributed by atoms with Crippen molar-refractivity contribution >= 4 is 22.7 Å². The maximum absolute atomic E-state index is 11.8. The number of carboxylic acid groups (broad SMARTS) is 1. The third-order valence-electron chi connectivity index (χ3n) is 3.95. The first kappa shape index (κ1) is 14.6. The highest BCUT2D eigenvalue weighted by Gasteiger charge is 2.19. The van der Waals surface area contributed by atoms with Crippen LogP contribution in [-0.4, -0.2) is 32.7 Å². The van der Waals surface area contributed by atoms with Crippen LogP contribution in [0, 0.1) is 0 Å². The number of aromatic nitrogens is 2. The Bertz CT molecular complexity index is 729. The SMILES string of the molecule is CC(=O)c1nn(CC(=O)O)c2ccc(OC3CCCC3)cc12. The van der Waals surface area contributed by atoms with Gasteiger partial charge in [-0.1, -0.05) is 0 Å². The molecule has 2 aromatic rings. The Hall–Kier alpha value is -2.37. The van der Waals surface area contributed by atoms with Crippen molar-refractivity contribution in [3.05, 3.63) is 23.9 Å². The van der Waals surface area contributed by atoms with E-state index in [0.717, 1.165) is 12.8 Å². The number of benzene rings is 1. The molecule has 22 heavy (non-hydrogen) atoms. The van der Waals surface area contributed by atoms with E-state index < -0.39 is 5.97 Å². The molecule has 6 nitrogen and oxygen atoms in total. The van der Waals surface area contributed by atoms with E-state index in [1.807, 2.05) is 6.07 Å². The van der Waals surface area contributed by atoms with E-state index in [2.05, 4.69) is 5.10 Å². The smallest absolute Gasteiger partial charge is 0.325 e. The van der Waals surface area contributed by atoms with Crippen LogP contribution in [0.3, 0.4) is 0 Å². The zero-order chi connectivity index (χ0) is 15.7. The van der Waals surface area contributed by atoms with Gasteiger partial charge in [0.25, 0.3) is 0 Å². The molecule has 1 fully saturated rings. The molecule has 1 aliphatic rings. The average molecular weight is 302 g/mol. The van der Waals surface area contributed by atoms with E-state index >= 15 is 0 Å². The van der Waals surface area contributed by atoms with Crippen molar-refractivity contribution in [1.29, 1.82) is 0 Å². The number of fused-ring (bicyclic) bond motifs is 1. The van der Waals surface area contributed by atoms with Gasteiger partial charge in [-0.15, -0.1) is 0 Å². The highest BCUT2D eigenvalue weighted by atomic mass is 16.5. The molecule has 1 aliphatic carbocycles. The summed E-state index contributed by atoms with van der Waals surface area (Å²) in [5.41, 5.74) is 0.916. The molecular weight excluding hydrogens is 284 g/mol. The van der Waals surface area contributed by atoms with Crippen molar-refractivity contribution in [2.24, 2.45) is 0 Å². The van der Waals surface area contributed by atoms with Gasteiger partial charge in [0.15, 0.2) is 5.78 Å². The summed E-state index contributed by atoms with van der Waals surface area (Å²) < 4.78 is 7.28. The number of aliphatic carboxylic acids is 1. The van der Waals surface area contributed by atoms with Crippen LogP contribution in [0.4, 0.5) is 0 Å². The van der Waals surface area contributed by atoms with Crippen LogP contribution in [0.5, 0.6) is 5.75 Å².